The Labute approximate surface area is 126 Å². The Hall–Kier alpha value is -1.01. The van der Waals surface area contributed by atoms with Crippen LogP contribution in [0.15, 0.2) is 0 Å². The van der Waals surface area contributed by atoms with E-state index in [4.69, 9.17) is 10.5 Å². The number of ether oxygens (including phenoxy) is 2. The molecule has 2 N–H and O–H groups in total. The smallest absolute Gasteiger partial charge is 0.410 e. The van der Waals surface area contributed by atoms with Crippen LogP contribution in [0.5, 0.6) is 0 Å². The molecule has 1 fully saturated rings. The number of methoxy groups -OCH3 is 1. The molecule has 1 atom stereocenters. The molecule has 0 aliphatic carbocycles. The Kier molecular flexibility index (Phi) is 7.30. The maximum absolute atomic E-state index is 11.9. The minimum absolute atomic E-state index is 0. The van der Waals surface area contributed by atoms with E-state index in [-0.39, 0.29) is 24.4 Å². The summed E-state index contributed by atoms with van der Waals surface area (Å²) in [7, 11) is 1.33. The minimum Gasteiger partial charge on any atom is -0.468 e. The van der Waals surface area contributed by atoms with Gasteiger partial charge in [-0.3, -0.25) is 4.79 Å². The second-order valence-corrected chi connectivity index (χ2v) is 5.85. The number of hydrogen-bond acceptors (Lipinski definition) is 5. The molecule has 0 bridgehead atoms. The van der Waals surface area contributed by atoms with Crippen molar-refractivity contribution in [2.24, 2.45) is 11.7 Å². The Balaban J connectivity index is 0.00000361. The highest BCUT2D eigenvalue weighted by Crippen LogP contribution is 2.22. The van der Waals surface area contributed by atoms with Gasteiger partial charge in [-0.2, -0.15) is 0 Å². The lowest BCUT2D eigenvalue weighted by atomic mass is 9.90. The van der Waals surface area contributed by atoms with E-state index < -0.39 is 17.6 Å². The van der Waals surface area contributed by atoms with Crippen LogP contribution in [0.1, 0.15) is 33.6 Å². The molecule has 1 amide bonds. The third-order valence-corrected chi connectivity index (χ3v) is 3.17. The summed E-state index contributed by atoms with van der Waals surface area (Å²) >= 11 is 0. The summed E-state index contributed by atoms with van der Waals surface area (Å²) in [5.74, 6) is -0.332. The first-order chi connectivity index (χ1) is 8.74. The van der Waals surface area contributed by atoms with Crippen molar-refractivity contribution in [3.05, 3.63) is 0 Å². The Bertz CT molecular complexity index is 336. The van der Waals surface area contributed by atoms with Crippen molar-refractivity contribution in [3.8, 4) is 0 Å². The average molecular weight is 309 g/mol. The second-order valence-electron chi connectivity index (χ2n) is 5.85. The van der Waals surface area contributed by atoms with Crippen LogP contribution >= 0.6 is 12.4 Å². The van der Waals surface area contributed by atoms with Gasteiger partial charge in [-0.15, -0.1) is 12.4 Å². The summed E-state index contributed by atoms with van der Waals surface area (Å²) in [4.78, 5) is 24.9. The molecule has 0 radical (unpaired) electrons. The summed E-state index contributed by atoms with van der Waals surface area (Å²) in [6.45, 7) is 6.63. The van der Waals surface area contributed by atoms with E-state index in [2.05, 4.69) is 4.74 Å². The number of piperidine rings is 1. The van der Waals surface area contributed by atoms with Gasteiger partial charge in [-0.25, -0.2) is 4.79 Å². The normalized spacial score (nSPS) is 17.9. The quantitative estimate of drug-likeness (QED) is 0.783. The maximum Gasteiger partial charge on any atom is 0.410 e. The number of carbonyl (C=O) groups excluding carboxylic acids is 2. The zero-order valence-electron chi connectivity index (χ0n) is 12.5. The molecular formula is C13H25ClN2O4. The molecule has 118 valence electrons. The molecule has 20 heavy (non-hydrogen) atoms. The number of esters is 1. The zero-order chi connectivity index (χ0) is 14.6. The SMILES string of the molecule is COC(=O)[C@H](N)C1CCN(C(=O)OC(C)(C)C)CC1.Cl. The average Bonchev–Trinajstić information content (AvgIpc) is 2.35. The summed E-state index contributed by atoms with van der Waals surface area (Å²) in [6, 6.07) is -0.606. The molecular weight excluding hydrogens is 284 g/mol. The number of hydrogen-bond donors (Lipinski definition) is 1. The van der Waals surface area contributed by atoms with Crippen molar-refractivity contribution >= 4 is 24.5 Å². The van der Waals surface area contributed by atoms with Gasteiger partial charge in [0.1, 0.15) is 11.6 Å². The van der Waals surface area contributed by atoms with E-state index in [0.29, 0.717) is 25.9 Å². The van der Waals surface area contributed by atoms with Crippen LogP contribution in [0.2, 0.25) is 0 Å². The Morgan fingerprint density at radius 3 is 2.15 bits per heavy atom. The van der Waals surface area contributed by atoms with Crippen molar-refractivity contribution in [1.29, 1.82) is 0 Å². The third-order valence-electron chi connectivity index (χ3n) is 3.17. The minimum atomic E-state index is -0.606. The van der Waals surface area contributed by atoms with Crippen LogP contribution < -0.4 is 5.73 Å². The van der Waals surface area contributed by atoms with Gasteiger partial charge in [-0.05, 0) is 39.5 Å². The standard InChI is InChI=1S/C13H24N2O4.ClH/c1-13(2,3)19-12(17)15-7-5-9(6-8-15)10(14)11(16)18-4;/h9-10H,5-8,14H2,1-4H3;1H/t10-;/m1./s1. The van der Waals surface area contributed by atoms with Crippen molar-refractivity contribution in [2.75, 3.05) is 20.2 Å². The molecule has 0 spiro atoms. The fourth-order valence-corrected chi connectivity index (χ4v) is 2.10. The van der Waals surface area contributed by atoms with Gasteiger partial charge >= 0.3 is 12.1 Å². The molecule has 1 aliphatic heterocycles. The molecule has 1 heterocycles. The van der Waals surface area contributed by atoms with Crippen LogP contribution in [-0.2, 0) is 14.3 Å². The van der Waals surface area contributed by atoms with E-state index in [9.17, 15) is 9.59 Å². The molecule has 0 aromatic rings. The lowest BCUT2D eigenvalue weighted by molar-refractivity contribution is -0.143. The first-order valence-corrected chi connectivity index (χ1v) is 6.56. The molecule has 1 saturated heterocycles. The fraction of sp³-hybridized carbons (Fsp3) is 0.846. The summed E-state index contributed by atoms with van der Waals surface area (Å²) < 4.78 is 9.94. The topological polar surface area (TPSA) is 81.9 Å². The maximum atomic E-state index is 11.9. The fourth-order valence-electron chi connectivity index (χ4n) is 2.10. The van der Waals surface area contributed by atoms with E-state index in [1.165, 1.54) is 7.11 Å². The molecule has 0 aromatic carbocycles. The van der Waals surface area contributed by atoms with Crippen LogP contribution in [0, 0.1) is 5.92 Å². The highest BCUT2D eigenvalue weighted by Gasteiger charge is 2.32. The summed E-state index contributed by atoms with van der Waals surface area (Å²) in [5, 5.41) is 0. The number of carbonyl (C=O) groups is 2. The predicted molar refractivity (Wildman–Crippen MR) is 77.8 cm³/mol. The lowest BCUT2D eigenvalue weighted by Gasteiger charge is -2.34. The van der Waals surface area contributed by atoms with Crippen LogP contribution in [0.4, 0.5) is 4.79 Å². The van der Waals surface area contributed by atoms with Gasteiger partial charge in [-0.1, -0.05) is 0 Å². The molecule has 1 rings (SSSR count). The van der Waals surface area contributed by atoms with Gasteiger partial charge in [0.25, 0.3) is 0 Å². The number of amides is 1. The number of likely N-dealkylation sites (tertiary alicyclic amines) is 1. The van der Waals surface area contributed by atoms with Crippen molar-refractivity contribution < 1.29 is 19.1 Å². The monoisotopic (exact) mass is 308 g/mol. The van der Waals surface area contributed by atoms with Gasteiger partial charge in [0, 0.05) is 13.1 Å². The first kappa shape index (κ1) is 19.0. The van der Waals surface area contributed by atoms with E-state index in [1.807, 2.05) is 20.8 Å². The zero-order valence-corrected chi connectivity index (χ0v) is 13.4. The van der Waals surface area contributed by atoms with Crippen molar-refractivity contribution in [1.82, 2.24) is 4.90 Å². The number of nitrogens with two attached hydrogens (primary N) is 1. The van der Waals surface area contributed by atoms with Gasteiger partial charge in [0.15, 0.2) is 0 Å². The van der Waals surface area contributed by atoms with Crippen molar-refractivity contribution in [2.45, 2.75) is 45.3 Å². The van der Waals surface area contributed by atoms with Crippen molar-refractivity contribution in [3.63, 3.8) is 0 Å². The largest absolute Gasteiger partial charge is 0.468 e. The number of rotatable bonds is 2. The molecule has 0 unspecified atom stereocenters. The van der Waals surface area contributed by atoms with Crippen LogP contribution in [0.3, 0.4) is 0 Å². The first-order valence-electron chi connectivity index (χ1n) is 6.56. The van der Waals surface area contributed by atoms with E-state index in [0.717, 1.165) is 0 Å². The third kappa shape index (κ3) is 5.54. The Morgan fingerprint density at radius 2 is 1.75 bits per heavy atom. The highest BCUT2D eigenvalue weighted by molar-refractivity contribution is 5.85. The van der Waals surface area contributed by atoms with E-state index >= 15 is 0 Å². The molecule has 0 saturated carbocycles. The number of nitrogens with zero attached hydrogens (tertiary/aromatic N) is 1. The van der Waals surface area contributed by atoms with Gasteiger partial charge in [0.2, 0.25) is 0 Å². The predicted octanol–water partition coefficient (Wildman–Crippen LogP) is 1.56. The van der Waals surface area contributed by atoms with Gasteiger partial charge in [0.05, 0.1) is 7.11 Å². The summed E-state index contributed by atoms with van der Waals surface area (Å²) in [5.41, 5.74) is 5.33. The molecule has 0 aromatic heterocycles. The highest BCUT2D eigenvalue weighted by atomic mass is 35.5. The lowest BCUT2D eigenvalue weighted by Crippen LogP contribution is -2.47. The van der Waals surface area contributed by atoms with Crippen LogP contribution in [0.25, 0.3) is 0 Å². The van der Waals surface area contributed by atoms with Gasteiger partial charge < -0.3 is 20.1 Å². The van der Waals surface area contributed by atoms with E-state index in [1.54, 1.807) is 4.90 Å². The second kappa shape index (κ2) is 7.69. The number of halogens is 1. The summed E-state index contributed by atoms with van der Waals surface area (Å²) in [6.07, 6.45) is 1.07. The Morgan fingerprint density at radius 1 is 1.25 bits per heavy atom. The molecule has 7 heteroatoms. The van der Waals surface area contributed by atoms with Crippen LogP contribution in [-0.4, -0.2) is 48.8 Å². The molecule has 1 aliphatic rings. The molecule has 6 nitrogen and oxygen atoms in total.